The fourth-order valence-corrected chi connectivity index (χ4v) is 6.91. The van der Waals surface area contributed by atoms with Crippen LogP contribution in [0.3, 0.4) is 0 Å². The number of nitrogens with one attached hydrogen (secondary N) is 1. The van der Waals surface area contributed by atoms with Gasteiger partial charge in [0.2, 0.25) is 5.91 Å². The van der Waals surface area contributed by atoms with Gasteiger partial charge in [-0.05, 0) is 75.2 Å². The summed E-state index contributed by atoms with van der Waals surface area (Å²) in [7, 11) is -1.72. The minimum atomic E-state index is -3.86. The lowest BCUT2D eigenvalue weighted by Crippen LogP contribution is -2.48. The number of sulfonamides is 1. The molecule has 0 bridgehead atoms. The summed E-state index contributed by atoms with van der Waals surface area (Å²) in [5.41, 5.74) is 0.940. The molecule has 1 aliphatic heterocycles. The Morgan fingerprint density at radius 1 is 1.12 bits per heavy atom. The molecule has 0 aromatic heterocycles. The SMILES string of the molecule is C[C@@H]1CN([C@H](C)CO)C(=O)Cc2cc(NS(=O)(=O)c3ccc(Cl)cc3)ccc2O[C@@H]1CN(C)CC1CCCCC1. The number of likely N-dealkylation sites (N-methyl/N-ethyl adjacent to an activating group) is 1. The summed E-state index contributed by atoms with van der Waals surface area (Å²) in [6, 6.07) is 10.7. The van der Waals surface area contributed by atoms with Gasteiger partial charge in [0, 0.05) is 41.8 Å². The van der Waals surface area contributed by atoms with Crippen molar-refractivity contribution in [2.75, 3.05) is 38.0 Å². The zero-order chi connectivity index (χ0) is 28.9. The standard InChI is InChI=1S/C30H42ClN3O5S/c1-21-17-34(22(2)20-35)30(36)16-24-15-26(32-40(37,38)27-12-9-25(31)10-13-27)11-14-28(24)39-29(21)19-33(3)18-23-7-5-4-6-8-23/h9-15,21-23,29,32,35H,4-8,16-20H2,1-3H3/t21-,22-,29-/m1/s1. The summed E-state index contributed by atoms with van der Waals surface area (Å²) in [6.07, 6.45) is 6.28. The van der Waals surface area contributed by atoms with Crippen molar-refractivity contribution in [2.24, 2.45) is 11.8 Å². The molecule has 0 spiro atoms. The zero-order valence-corrected chi connectivity index (χ0v) is 25.3. The highest BCUT2D eigenvalue weighted by atomic mass is 35.5. The number of carbonyl (C=O) groups is 1. The van der Waals surface area contributed by atoms with Crippen LogP contribution in [0.15, 0.2) is 47.4 Å². The minimum absolute atomic E-state index is 0.0146. The van der Waals surface area contributed by atoms with Crippen LogP contribution in [0.2, 0.25) is 5.02 Å². The molecule has 8 nitrogen and oxygen atoms in total. The topological polar surface area (TPSA) is 99.2 Å². The van der Waals surface area contributed by atoms with E-state index in [1.54, 1.807) is 23.1 Å². The molecular weight excluding hydrogens is 550 g/mol. The van der Waals surface area contributed by atoms with Crippen molar-refractivity contribution in [3.8, 4) is 5.75 Å². The van der Waals surface area contributed by atoms with Crippen LogP contribution in [-0.4, -0.2) is 74.7 Å². The van der Waals surface area contributed by atoms with E-state index in [2.05, 4.69) is 23.6 Å². The molecule has 3 atom stereocenters. The van der Waals surface area contributed by atoms with Crippen molar-refractivity contribution in [3.05, 3.63) is 53.1 Å². The van der Waals surface area contributed by atoms with Gasteiger partial charge in [0.25, 0.3) is 10.0 Å². The Labute approximate surface area is 243 Å². The van der Waals surface area contributed by atoms with E-state index in [1.165, 1.54) is 56.4 Å². The van der Waals surface area contributed by atoms with Crippen molar-refractivity contribution in [1.82, 2.24) is 9.80 Å². The molecule has 1 aliphatic carbocycles. The second kappa shape index (κ2) is 13.6. The maximum absolute atomic E-state index is 13.5. The number of amides is 1. The van der Waals surface area contributed by atoms with Crippen molar-refractivity contribution in [2.45, 2.75) is 69.4 Å². The van der Waals surface area contributed by atoms with Gasteiger partial charge in [-0.15, -0.1) is 0 Å². The molecule has 0 radical (unpaired) electrons. The van der Waals surface area contributed by atoms with Crippen LogP contribution < -0.4 is 9.46 Å². The lowest BCUT2D eigenvalue weighted by Gasteiger charge is -2.35. The van der Waals surface area contributed by atoms with Gasteiger partial charge in [-0.3, -0.25) is 9.52 Å². The van der Waals surface area contributed by atoms with Gasteiger partial charge in [0.05, 0.1) is 24.0 Å². The van der Waals surface area contributed by atoms with Crippen molar-refractivity contribution in [1.29, 1.82) is 0 Å². The van der Waals surface area contributed by atoms with E-state index >= 15 is 0 Å². The predicted molar refractivity (Wildman–Crippen MR) is 158 cm³/mol. The maximum Gasteiger partial charge on any atom is 0.261 e. The van der Waals surface area contributed by atoms with Crippen LogP contribution >= 0.6 is 11.6 Å². The Morgan fingerprint density at radius 3 is 2.50 bits per heavy atom. The molecule has 1 heterocycles. The van der Waals surface area contributed by atoms with E-state index in [9.17, 15) is 18.3 Å². The van der Waals surface area contributed by atoms with Crippen LogP contribution in [0.4, 0.5) is 5.69 Å². The highest BCUT2D eigenvalue weighted by Gasteiger charge is 2.31. The van der Waals surface area contributed by atoms with Crippen molar-refractivity contribution < 1.29 is 23.1 Å². The Balaban J connectivity index is 1.60. The molecule has 2 aliphatic rings. The Morgan fingerprint density at radius 2 is 1.82 bits per heavy atom. The molecule has 1 fully saturated rings. The van der Waals surface area contributed by atoms with E-state index in [4.69, 9.17) is 16.3 Å². The molecule has 2 N–H and O–H groups in total. The molecule has 10 heteroatoms. The summed E-state index contributed by atoms with van der Waals surface area (Å²) in [5.74, 6) is 1.15. The molecular formula is C30H42ClN3O5S. The van der Waals surface area contributed by atoms with Gasteiger partial charge in [-0.25, -0.2) is 8.42 Å². The normalized spacial score (nSPS) is 21.6. The number of rotatable bonds is 9. The number of halogens is 1. The van der Waals surface area contributed by atoms with Crippen LogP contribution in [0.5, 0.6) is 5.75 Å². The van der Waals surface area contributed by atoms with E-state index in [-0.39, 0.29) is 41.9 Å². The maximum atomic E-state index is 13.5. The van der Waals surface area contributed by atoms with Crippen LogP contribution in [0.1, 0.15) is 51.5 Å². The predicted octanol–water partition coefficient (Wildman–Crippen LogP) is 4.80. The molecule has 0 unspecified atom stereocenters. The number of hydrogen-bond donors (Lipinski definition) is 2. The van der Waals surface area contributed by atoms with Gasteiger partial charge in [-0.1, -0.05) is 37.8 Å². The number of aliphatic hydroxyl groups excluding tert-OH is 1. The smallest absolute Gasteiger partial charge is 0.261 e. The molecule has 2 aromatic rings. The fraction of sp³-hybridized carbons (Fsp3) is 0.567. The largest absolute Gasteiger partial charge is 0.488 e. The second-order valence-electron chi connectivity index (χ2n) is 11.5. The highest BCUT2D eigenvalue weighted by Crippen LogP contribution is 2.31. The molecule has 1 amide bonds. The summed E-state index contributed by atoms with van der Waals surface area (Å²) in [4.78, 5) is 17.6. The van der Waals surface area contributed by atoms with E-state index < -0.39 is 10.0 Å². The Hall–Kier alpha value is -2.33. The van der Waals surface area contributed by atoms with Crippen LogP contribution in [-0.2, 0) is 21.2 Å². The third-order valence-electron chi connectivity index (χ3n) is 8.08. The average molecular weight is 592 g/mol. The van der Waals surface area contributed by atoms with Gasteiger partial charge < -0.3 is 19.6 Å². The molecule has 40 heavy (non-hydrogen) atoms. The van der Waals surface area contributed by atoms with Crippen LogP contribution in [0, 0.1) is 11.8 Å². The summed E-state index contributed by atoms with van der Waals surface area (Å²) in [6.45, 7) is 5.97. The number of carbonyl (C=O) groups excluding carboxylic acids is 1. The third-order valence-corrected chi connectivity index (χ3v) is 9.73. The molecule has 0 saturated heterocycles. The van der Waals surface area contributed by atoms with E-state index in [0.717, 1.165) is 6.54 Å². The first-order chi connectivity index (χ1) is 19.1. The monoisotopic (exact) mass is 591 g/mol. The first kappa shape index (κ1) is 30.6. The van der Waals surface area contributed by atoms with Gasteiger partial charge in [0.15, 0.2) is 0 Å². The lowest BCUT2D eigenvalue weighted by molar-refractivity contribution is -0.134. The van der Waals surface area contributed by atoms with Crippen molar-refractivity contribution in [3.63, 3.8) is 0 Å². The lowest BCUT2D eigenvalue weighted by atomic mass is 9.89. The Kier molecular flexibility index (Phi) is 10.4. The van der Waals surface area contributed by atoms with Gasteiger partial charge in [-0.2, -0.15) is 0 Å². The highest BCUT2D eigenvalue weighted by molar-refractivity contribution is 7.92. The summed E-state index contributed by atoms with van der Waals surface area (Å²) >= 11 is 5.92. The molecule has 1 saturated carbocycles. The first-order valence-corrected chi connectivity index (χ1v) is 16.1. The fourth-order valence-electron chi connectivity index (χ4n) is 5.73. The second-order valence-corrected chi connectivity index (χ2v) is 13.6. The minimum Gasteiger partial charge on any atom is -0.488 e. The summed E-state index contributed by atoms with van der Waals surface area (Å²) in [5, 5.41) is 10.3. The first-order valence-electron chi connectivity index (χ1n) is 14.2. The number of benzene rings is 2. The van der Waals surface area contributed by atoms with E-state index in [0.29, 0.717) is 41.0 Å². The summed E-state index contributed by atoms with van der Waals surface area (Å²) < 4.78 is 35.2. The molecule has 220 valence electrons. The number of anilines is 1. The zero-order valence-electron chi connectivity index (χ0n) is 23.7. The average Bonchev–Trinajstić information content (AvgIpc) is 2.96. The number of ether oxygens (including phenoxy) is 1. The number of hydrogen-bond acceptors (Lipinski definition) is 6. The quantitative estimate of drug-likeness (QED) is 0.435. The molecule has 4 rings (SSSR count). The third kappa shape index (κ3) is 7.90. The van der Waals surface area contributed by atoms with Crippen LogP contribution in [0.25, 0.3) is 0 Å². The number of nitrogens with zero attached hydrogens (tertiary/aromatic N) is 2. The number of fused-ring (bicyclic) bond motifs is 1. The Bertz CT molecular complexity index is 1250. The van der Waals surface area contributed by atoms with E-state index in [1.807, 2.05) is 6.92 Å². The van der Waals surface area contributed by atoms with Gasteiger partial charge >= 0.3 is 0 Å². The molecule has 2 aromatic carbocycles. The number of aliphatic hydroxyl groups is 1. The van der Waals surface area contributed by atoms with Crippen molar-refractivity contribution >= 4 is 33.2 Å². The van der Waals surface area contributed by atoms with Gasteiger partial charge in [0.1, 0.15) is 11.9 Å².